The second kappa shape index (κ2) is 8.22. The third-order valence-electron chi connectivity index (χ3n) is 5.07. The number of amides is 2. The molecule has 1 aromatic heterocycles. The van der Waals surface area contributed by atoms with Crippen LogP contribution in [0.25, 0.3) is 0 Å². The summed E-state index contributed by atoms with van der Waals surface area (Å²) in [7, 11) is 0. The zero-order valence-corrected chi connectivity index (χ0v) is 16.1. The first-order valence-electron chi connectivity index (χ1n) is 9.13. The van der Waals surface area contributed by atoms with Crippen molar-refractivity contribution in [1.82, 2.24) is 20.1 Å². The molecule has 0 aliphatic carbocycles. The number of nitrogens with one attached hydrogen (secondary N) is 1. The number of nitrogens with zero attached hydrogens (tertiary/aromatic N) is 4. The summed E-state index contributed by atoms with van der Waals surface area (Å²) in [5.74, 6) is 0.878. The highest BCUT2D eigenvalue weighted by atomic mass is 35.5. The van der Waals surface area contributed by atoms with Crippen molar-refractivity contribution in [3.63, 3.8) is 0 Å². The SMILES string of the molecule is CC(C)N1CCNC(=O)C1CC(=O)N1CCN(c2ccc(Cl)cn2)CC1. The fourth-order valence-corrected chi connectivity index (χ4v) is 3.71. The number of carbonyl (C=O) groups is 2. The minimum absolute atomic E-state index is 0.0395. The quantitative estimate of drug-likeness (QED) is 0.844. The second-order valence-electron chi connectivity index (χ2n) is 7.04. The molecule has 3 rings (SSSR count). The number of hydrogen-bond acceptors (Lipinski definition) is 5. The van der Waals surface area contributed by atoms with Gasteiger partial charge in [0.2, 0.25) is 11.8 Å². The van der Waals surface area contributed by atoms with Gasteiger partial charge in [-0.05, 0) is 26.0 Å². The van der Waals surface area contributed by atoms with E-state index in [0.717, 1.165) is 25.5 Å². The van der Waals surface area contributed by atoms with Crippen LogP contribution in [0.1, 0.15) is 20.3 Å². The molecule has 1 N–H and O–H groups in total. The van der Waals surface area contributed by atoms with Gasteiger partial charge >= 0.3 is 0 Å². The number of halogens is 1. The lowest BCUT2D eigenvalue weighted by Gasteiger charge is -2.40. The summed E-state index contributed by atoms with van der Waals surface area (Å²) < 4.78 is 0. The maximum absolute atomic E-state index is 12.7. The van der Waals surface area contributed by atoms with Crippen molar-refractivity contribution in [2.75, 3.05) is 44.2 Å². The third kappa shape index (κ3) is 4.27. The van der Waals surface area contributed by atoms with E-state index < -0.39 is 0 Å². The minimum atomic E-state index is -0.368. The number of hydrogen-bond donors (Lipinski definition) is 1. The normalized spacial score (nSPS) is 21.8. The molecule has 0 saturated carbocycles. The van der Waals surface area contributed by atoms with Crippen LogP contribution in [0.3, 0.4) is 0 Å². The summed E-state index contributed by atoms with van der Waals surface area (Å²) in [6, 6.07) is 3.59. The number of aromatic nitrogens is 1. The molecular formula is C18H26ClN5O2. The molecule has 2 saturated heterocycles. The fraction of sp³-hybridized carbons (Fsp3) is 0.611. The predicted molar refractivity (Wildman–Crippen MR) is 101 cm³/mol. The molecule has 0 radical (unpaired) electrons. The maximum Gasteiger partial charge on any atom is 0.237 e. The highest BCUT2D eigenvalue weighted by Gasteiger charge is 2.34. The lowest BCUT2D eigenvalue weighted by atomic mass is 10.1. The van der Waals surface area contributed by atoms with Crippen LogP contribution < -0.4 is 10.2 Å². The van der Waals surface area contributed by atoms with E-state index in [1.807, 2.05) is 17.0 Å². The van der Waals surface area contributed by atoms with Gasteiger partial charge in [0, 0.05) is 51.5 Å². The van der Waals surface area contributed by atoms with Gasteiger partial charge in [0.15, 0.2) is 0 Å². The Morgan fingerprint density at radius 1 is 1.27 bits per heavy atom. The Hall–Kier alpha value is -1.86. The Balaban J connectivity index is 1.56. The molecule has 1 unspecified atom stereocenters. The van der Waals surface area contributed by atoms with E-state index >= 15 is 0 Å². The van der Waals surface area contributed by atoms with Crippen LogP contribution in [-0.2, 0) is 9.59 Å². The monoisotopic (exact) mass is 379 g/mol. The highest BCUT2D eigenvalue weighted by molar-refractivity contribution is 6.30. The van der Waals surface area contributed by atoms with E-state index in [4.69, 9.17) is 11.6 Å². The maximum atomic E-state index is 12.7. The predicted octanol–water partition coefficient (Wildman–Crippen LogP) is 0.983. The van der Waals surface area contributed by atoms with Gasteiger partial charge in [-0.15, -0.1) is 0 Å². The number of carbonyl (C=O) groups excluding carboxylic acids is 2. The first kappa shape index (κ1) is 18.9. The molecular weight excluding hydrogens is 354 g/mol. The zero-order valence-electron chi connectivity index (χ0n) is 15.3. The number of rotatable bonds is 4. The molecule has 7 nitrogen and oxygen atoms in total. The van der Waals surface area contributed by atoms with Crippen molar-refractivity contribution >= 4 is 29.2 Å². The van der Waals surface area contributed by atoms with Gasteiger partial charge in [0.1, 0.15) is 5.82 Å². The molecule has 1 aromatic rings. The van der Waals surface area contributed by atoms with Crippen molar-refractivity contribution in [2.45, 2.75) is 32.4 Å². The average molecular weight is 380 g/mol. The summed E-state index contributed by atoms with van der Waals surface area (Å²) in [6.45, 7) is 8.29. The lowest BCUT2D eigenvalue weighted by Crippen LogP contribution is -2.59. The topological polar surface area (TPSA) is 68.8 Å². The average Bonchev–Trinajstić information content (AvgIpc) is 2.64. The molecule has 1 atom stereocenters. The van der Waals surface area contributed by atoms with E-state index in [0.29, 0.717) is 24.7 Å². The van der Waals surface area contributed by atoms with E-state index in [1.165, 1.54) is 0 Å². The molecule has 142 valence electrons. The first-order valence-corrected chi connectivity index (χ1v) is 9.51. The van der Waals surface area contributed by atoms with Crippen molar-refractivity contribution in [3.05, 3.63) is 23.4 Å². The van der Waals surface area contributed by atoms with Gasteiger partial charge in [0.25, 0.3) is 0 Å². The molecule has 0 aromatic carbocycles. The summed E-state index contributed by atoms with van der Waals surface area (Å²) in [6.07, 6.45) is 1.87. The minimum Gasteiger partial charge on any atom is -0.353 e. The Morgan fingerprint density at radius 2 is 2.00 bits per heavy atom. The molecule has 2 amide bonds. The van der Waals surface area contributed by atoms with Crippen LogP contribution in [0, 0.1) is 0 Å². The largest absolute Gasteiger partial charge is 0.353 e. The Morgan fingerprint density at radius 3 is 2.62 bits per heavy atom. The van der Waals surface area contributed by atoms with Crippen molar-refractivity contribution in [3.8, 4) is 0 Å². The summed E-state index contributed by atoms with van der Waals surface area (Å²) in [4.78, 5) is 35.4. The van der Waals surface area contributed by atoms with Crippen molar-refractivity contribution in [2.24, 2.45) is 0 Å². The van der Waals surface area contributed by atoms with E-state index in [2.05, 4.69) is 33.9 Å². The van der Waals surface area contributed by atoms with Crippen molar-refractivity contribution < 1.29 is 9.59 Å². The number of anilines is 1. The van der Waals surface area contributed by atoms with Crippen LogP contribution in [0.2, 0.25) is 5.02 Å². The Bertz CT molecular complexity index is 643. The third-order valence-corrected chi connectivity index (χ3v) is 5.30. The van der Waals surface area contributed by atoms with Crippen LogP contribution in [0.4, 0.5) is 5.82 Å². The van der Waals surface area contributed by atoms with Crippen LogP contribution in [0.15, 0.2) is 18.3 Å². The van der Waals surface area contributed by atoms with Crippen LogP contribution >= 0.6 is 11.6 Å². The molecule has 3 heterocycles. The summed E-state index contributed by atoms with van der Waals surface area (Å²) in [5, 5.41) is 3.49. The van der Waals surface area contributed by atoms with Crippen LogP contribution in [-0.4, -0.2) is 78.0 Å². The van der Waals surface area contributed by atoms with Gasteiger partial charge < -0.3 is 15.1 Å². The molecule has 2 fully saturated rings. The lowest BCUT2D eigenvalue weighted by molar-refractivity contribution is -0.139. The standard InChI is InChI=1S/C18H26ClN5O2/c1-13(2)24-6-5-20-18(26)15(24)11-17(25)23-9-7-22(8-10-23)16-4-3-14(19)12-21-16/h3-4,12-13,15H,5-11H2,1-2H3,(H,20,26). The molecule has 26 heavy (non-hydrogen) atoms. The van der Waals surface area contributed by atoms with E-state index in [1.54, 1.807) is 6.20 Å². The molecule has 0 bridgehead atoms. The van der Waals surface area contributed by atoms with Gasteiger partial charge in [0.05, 0.1) is 17.5 Å². The number of piperazine rings is 2. The smallest absolute Gasteiger partial charge is 0.237 e. The van der Waals surface area contributed by atoms with Crippen LogP contribution in [0.5, 0.6) is 0 Å². The Kier molecular flexibility index (Phi) is 5.98. The molecule has 2 aliphatic heterocycles. The summed E-state index contributed by atoms with van der Waals surface area (Å²) in [5.41, 5.74) is 0. The van der Waals surface area contributed by atoms with Gasteiger partial charge in [-0.2, -0.15) is 0 Å². The second-order valence-corrected chi connectivity index (χ2v) is 7.48. The van der Waals surface area contributed by atoms with Crippen molar-refractivity contribution in [1.29, 1.82) is 0 Å². The first-order chi connectivity index (χ1) is 12.5. The molecule has 8 heteroatoms. The van der Waals surface area contributed by atoms with E-state index in [-0.39, 0.29) is 30.3 Å². The Labute approximate surface area is 159 Å². The zero-order chi connectivity index (χ0) is 18.7. The molecule has 2 aliphatic rings. The van der Waals surface area contributed by atoms with Gasteiger partial charge in [-0.1, -0.05) is 11.6 Å². The number of pyridine rings is 1. The van der Waals surface area contributed by atoms with Gasteiger partial charge in [-0.25, -0.2) is 4.98 Å². The summed E-state index contributed by atoms with van der Waals surface area (Å²) >= 11 is 5.88. The van der Waals surface area contributed by atoms with E-state index in [9.17, 15) is 9.59 Å². The fourth-order valence-electron chi connectivity index (χ4n) is 3.60. The highest BCUT2D eigenvalue weighted by Crippen LogP contribution is 2.18. The molecule has 0 spiro atoms. The van der Waals surface area contributed by atoms with Gasteiger partial charge in [-0.3, -0.25) is 14.5 Å².